The molecule has 1 heterocycles. The molecule has 0 aromatic heterocycles. The van der Waals surface area contributed by atoms with Gasteiger partial charge in [0.25, 0.3) is 0 Å². The Morgan fingerprint density at radius 2 is 2.08 bits per heavy atom. The molecule has 1 saturated heterocycles. The molecule has 3 atom stereocenters. The number of phenols is 1. The topological polar surface area (TPSA) is 56.0 Å². The number of hydrogen-bond acceptors (Lipinski definition) is 3. The van der Waals surface area contributed by atoms with Crippen LogP contribution in [0.2, 0.25) is 0 Å². The zero-order valence-corrected chi connectivity index (χ0v) is 15.0. The van der Waals surface area contributed by atoms with Gasteiger partial charge >= 0.3 is 0 Å². The highest BCUT2D eigenvalue weighted by Crippen LogP contribution is 2.55. The van der Waals surface area contributed by atoms with Gasteiger partial charge in [-0.3, -0.25) is 0 Å². The summed E-state index contributed by atoms with van der Waals surface area (Å²) in [6.07, 6.45) is 7.44. The van der Waals surface area contributed by atoms with E-state index in [-0.39, 0.29) is 5.41 Å². The van der Waals surface area contributed by atoms with Gasteiger partial charge < -0.3 is 10.4 Å². The monoisotopic (exact) mass is 344 g/mol. The lowest BCUT2D eigenvalue weighted by Gasteiger charge is -2.56. The van der Waals surface area contributed by atoms with Gasteiger partial charge in [0.15, 0.2) is 0 Å². The molecule has 0 spiro atoms. The van der Waals surface area contributed by atoms with Crippen molar-refractivity contribution in [1.82, 2.24) is 5.32 Å². The third kappa shape index (κ3) is 2.22. The van der Waals surface area contributed by atoms with Crippen LogP contribution in [0, 0.1) is 17.2 Å². The zero-order valence-electron chi connectivity index (χ0n) is 15.0. The van der Waals surface area contributed by atoms with Crippen molar-refractivity contribution in [3.63, 3.8) is 0 Å². The lowest BCUT2D eigenvalue weighted by Crippen LogP contribution is -2.59. The van der Waals surface area contributed by atoms with E-state index in [0.29, 0.717) is 23.3 Å². The van der Waals surface area contributed by atoms with Crippen molar-refractivity contribution >= 4 is 0 Å². The summed E-state index contributed by atoms with van der Waals surface area (Å²) in [6, 6.07) is 14.5. The maximum Gasteiger partial charge on any atom is 0.123 e. The smallest absolute Gasteiger partial charge is 0.123 e. The van der Waals surface area contributed by atoms with Gasteiger partial charge in [0.2, 0.25) is 0 Å². The highest BCUT2D eigenvalue weighted by molar-refractivity contribution is 5.73. The zero-order chi connectivity index (χ0) is 17.7. The molecule has 3 heteroatoms. The Labute approximate surface area is 154 Å². The standard InChI is InChI=1S/C23H24N2O/c24-14-15-4-3-5-16(10-15)18-11-17-12-21-19-6-1-2-7-23(19,8-9-25-21)20(17)13-22(18)26/h3-5,10-11,13,19,21,25-26H,1-2,6-9,12H2/t19-,21+,23+/m0/s1. The van der Waals surface area contributed by atoms with Gasteiger partial charge in [-0.2, -0.15) is 5.26 Å². The van der Waals surface area contributed by atoms with Crippen molar-refractivity contribution in [3.05, 3.63) is 53.1 Å². The van der Waals surface area contributed by atoms with Crippen LogP contribution in [0.5, 0.6) is 5.75 Å². The molecular weight excluding hydrogens is 320 g/mol. The fourth-order valence-corrected chi connectivity index (χ4v) is 5.96. The van der Waals surface area contributed by atoms with Crippen molar-refractivity contribution in [1.29, 1.82) is 5.26 Å². The number of benzene rings is 2. The minimum Gasteiger partial charge on any atom is -0.507 e. The third-order valence-corrected chi connectivity index (χ3v) is 7.06. The predicted octanol–water partition coefficient (Wildman–Crippen LogP) is 4.28. The van der Waals surface area contributed by atoms with E-state index in [1.165, 1.54) is 43.2 Å². The largest absolute Gasteiger partial charge is 0.507 e. The predicted molar refractivity (Wildman–Crippen MR) is 102 cm³/mol. The highest BCUT2D eigenvalue weighted by Gasteiger charge is 2.51. The van der Waals surface area contributed by atoms with Crippen molar-refractivity contribution in [2.75, 3.05) is 6.54 Å². The Hall–Kier alpha value is -2.31. The number of rotatable bonds is 1. The maximum absolute atomic E-state index is 10.9. The second-order valence-electron chi connectivity index (χ2n) is 8.24. The minimum atomic E-state index is 0.256. The number of piperidine rings is 1. The van der Waals surface area contributed by atoms with Gasteiger partial charge in [0.1, 0.15) is 5.75 Å². The van der Waals surface area contributed by atoms with E-state index < -0.39 is 0 Å². The first-order valence-corrected chi connectivity index (χ1v) is 9.81. The molecule has 2 aromatic rings. The molecule has 132 valence electrons. The Kier molecular flexibility index (Phi) is 3.58. The Morgan fingerprint density at radius 3 is 2.96 bits per heavy atom. The first-order chi connectivity index (χ1) is 12.7. The molecule has 2 aliphatic carbocycles. The molecule has 2 bridgehead atoms. The molecule has 5 rings (SSSR count). The summed E-state index contributed by atoms with van der Waals surface area (Å²) >= 11 is 0. The molecule has 0 amide bonds. The number of aromatic hydroxyl groups is 1. The van der Waals surface area contributed by atoms with E-state index in [1.54, 1.807) is 6.07 Å². The van der Waals surface area contributed by atoms with Crippen molar-refractivity contribution in [3.8, 4) is 22.9 Å². The molecule has 0 unspecified atom stereocenters. The minimum absolute atomic E-state index is 0.256. The van der Waals surface area contributed by atoms with Gasteiger partial charge in [0, 0.05) is 17.0 Å². The Bertz CT molecular complexity index is 909. The fraction of sp³-hybridized carbons (Fsp3) is 0.435. The van der Waals surface area contributed by atoms with Crippen LogP contribution in [0.1, 0.15) is 48.8 Å². The molecule has 2 fully saturated rings. The average Bonchev–Trinajstić information content (AvgIpc) is 2.68. The molecule has 2 N–H and O–H groups in total. The summed E-state index contributed by atoms with van der Waals surface area (Å²) in [7, 11) is 0. The van der Waals surface area contributed by atoms with Crippen molar-refractivity contribution in [2.45, 2.75) is 50.0 Å². The molecule has 3 aliphatic rings. The molecule has 26 heavy (non-hydrogen) atoms. The number of nitrogens with zero attached hydrogens (tertiary/aromatic N) is 1. The summed E-state index contributed by atoms with van der Waals surface area (Å²) < 4.78 is 0. The lowest BCUT2D eigenvalue weighted by molar-refractivity contribution is 0.0796. The van der Waals surface area contributed by atoms with Gasteiger partial charge in [-0.15, -0.1) is 0 Å². The highest BCUT2D eigenvalue weighted by atomic mass is 16.3. The van der Waals surface area contributed by atoms with E-state index in [9.17, 15) is 10.4 Å². The number of nitrogens with one attached hydrogen (secondary N) is 1. The van der Waals surface area contributed by atoms with E-state index >= 15 is 0 Å². The molecule has 2 aromatic carbocycles. The van der Waals surface area contributed by atoms with Crippen LogP contribution in [0.25, 0.3) is 11.1 Å². The van der Waals surface area contributed by atoms with Crippen molar-refractivity contribution < 1.29 is 5.11 Å². The van der Waals surface area contributed by atoms with Crippen LogP contribution >= 0.6 is 0 Å². The van der Waals surface area contributed by atoms with E-state index in [4.69, 9.17) is 0 Å². The fourth-order valence-electron chi connectivity index (χ4n) is 5.96. The summed E-state index contributed by atoms with van der Waals surface area (Å²) in [5, 5.41) is 23.8. The van der Waals surface area contributed by atoms with Crippen LogP contribution in [0.4, 0.5) is 0 Å². The second-order valence-corrected chi connectivity index (χ2v) is 8.24. The number of fused-ring (bicyclic) bond motifs is 1. The van der Waals surface area contributed by atoms with E-state index in [0.717, 1.165) is 24.1 Å². The van der Waals surface area contributed by atoms with Crippen molar-refractivity contribution in [2.24, 2.45) is 5.92 Å². The van der Waals surface area contributed by atoms with Gasteiger partial charge in [-0.25, -0.2) is 0 Å². The lowest BCUT2D eigenvalue weighted by atomic mass is 9.52. The van der Waals surface area contributed by atoms with Crippen LogP contribution < -0.4 is 5.32 Å². The molecule has 1 aliphatic heterocycles. The van der Waals surface area contributed by atoms with Gasteiger partial charge in [-0.1, -0.05) is 25.0 Å². The van der Waals surface area contributed by atoms with Gasteiger partial charge in [0.05, 0.1) is 11.6 Å². The summed E-state index contributed by atoms with van der Waals surface area (Å²) in [5.41, 5.74) is 5.44. The first kappa shape index (κ1) is 15.9. The van der Waals surface area contributed by atoms with Crippen LogP contribution in [-0.4, -0.2) is 17.7 Å². The van der Waals surface area contributed by atoms with E-state index in [2.05, 4.69) is 23.5 Å². The maximum atomic E-state index is 10.9. The molecule has 3 nitrogen and oxygen atoms in total. The summed E-state index contributed by atoms with van der Waals surface area (Å²) in [5.74, 6) is 1.07. The van der Waals surface area contributed by atoms with Gasteiger partial charge in [-0.05, 0) is 79.1 Å². The SMILES string of the molecule is N#Cc1cccc(-c2cc3c(cc2O)[C@@]24CCCC[C@H]2[C@@H](C3)NCC4)c1. The number of hydrogen-bond donors (Lipinski definition) is 2. The summed E-state index contributed by atoms with van der Waals surface area (Å²) in [4.78, 5) is 0. The Balaban J connectivity index is 1.66. The molecule has 1 saturated carbocycles. The second kappa shape index (κ2) is 5.86. The van der Waals surface area contributed by atoms with E-state index in [1.807, 2.05) is 18.2 Å². The third-order valence-electron chi connectivity index (χ3n) is 7.06. The van der Waals surface area contributed by atoms with Crippen LogP contribution in [0.15, 0.2) is 36.4 Å². The van der Waals surface area contributed by atoms with Crippen LogP contribution in [0.3, 0.4) is 0 Å². The molecule has 0 radical (unpaired) electrons. The quantitative estimate of drug-likeness (QED) is 0.812. The normalized spacial score (nSPS) is 29.3. The number of nitriles is 1. The first-order valence-electron chi connectivity index (χ1n) is 9.81. The average molecular weight is 344 g/mol. The molecular formula is C23H24N2O. The number of phenolic OH excluding ortho intramolecular Hbond substituents is 1. The summed E-state index contributed by atoms with van der Waals surface area (Å²) in [6.45, 7) is 1.09. The van der Waals surface area contributed by atoms with Crippen LogP contribution in [-0.2, 0) is 11.8 Å². The Morgan fingerprint density at radius 1 is 1.15 bits per heavy atom.